The summed E-state index contributed by atoms with van der Waals surface area (Å²) in [7, 11) is 4.06. The van der Waals surface area contributed by atoms with Gasteiger partial charge in [-0.3, -0.25) is 9.59 Å². The minimum absolute atomic E-state index is 0.0124. The van der Waals surface area contributed by atoms with Gasteiger partial charge in [0.15, 0.2) is 11.5 Å². The Labute approximate surface area is 187 Å². The molecular weight excluding hydrogens is 404 g/mol. The molecule has 1 fully saturated rings. The molecule has 8 nitrogen and oxygen atoms in total. The zero-order chi connectivity index (χ0) is 22.7. The molecule has 2 aromatic carbocycles. The number of likely N-dealkylation sites (N-methyl/N-ethyl adjacent to an activating group) is 1. The van der Waals surface area contributed by atoms with Gasteiger partial charge < -0.3 is 20.9 Å². The molecule has 0 bridgehead atoms. The van der Waals surface area contributed by atoms with E-state index in [1.54, 1.807) is 24.3 Å². The molecule has 1 aliphatic rings. The smallest absolute Gasteiger partial charge is 0.278 e. The molecule has 2 heterocycles. The van der Waals surface area contributed by atoms with Crippen molar-refractivity contribution >= 4 is 23.3 Å². The molecule has 0 spiro atoms. The summed E-state index contributed by atoms with van der Waals surface area (Å²) in [5.74, 6) is -0.412. The number of nitrogens with zero attached hydrogens (tertiary/aromatic N) is 4. The maximum Gasteiger partial charge on any atom is 0.278 e. The maximum absolute atomic E-state index is 13.0. The van der Waals surface area contributed by atoms with Gasteiger partial charge in [0.1, 0.15) is 0 Å². The van der Waals surface area contributed by atoms with Crippen LogP contribution in [-0.4, -0.2) is 64.8 Å². The van der Waals surface area contributed by atoms with Crippen LogP contribution in [0.3, 0.4) is 0 Å². The minimum atomic E-state index is -0.443. The number of hydrogen-bond donors (Lipinski definition) is 2. The van der Waals surface area contributed by atoms with Crippen LogP contribution in [0.2, 0.25) is 0 Å². The highest BCUT2D eigenvalue weighted by Crippen LogP contribution is 2.23. The lowest BCUT2D eigenvalue weighted by Crippen LogP contribution is -2.34. The number of amides is 2. The highest BCUT2D eigenvalue weighted by molar-refractivity contribution is 6.06. The van der Waals surface area contributed by atoms with Crippen LogP contribution in [-0.2, 0) is 0 Å². The van der Waals surface area contributed by atoms with Crippen LogP contribution in [0.5, 0.6) is 0 Å². The average Bonchev–Trinajstić information content (AvgIpc) is 3.30. The standard InChI is InChI=1S/C24H26N6O2/c1-29(2)19-11-12-30(15-19)24(32)17-8-6-7-16(13-17)20-14-26-22(25)21(28-20)23(31)27-18-9-4-3-5-10-18/h3-10,13-14,19H,11-12,15H2,1-2H3,(H2,25,26)(H,27,31)/t19-/m1/s1. The molecule has 8 heteroatoms. The third kappa shape index (κ3) is 4.60. The van der Waals surface area contributed by atoms with E-state index in [4.69, 9.17) is 5.73 Å². The van der Waals surface area contributed by atoms with Crippen LogP contribution in [0.15, 0.2) is 60.8 Å². The molecule has 164 valence electrons. The Morgan fingerprint density at radius 1 is 1.12 bits per heavy atom. The Bertz CT molecular complexity index is 1130. The first kappa shape index (κ1) is 21.5. The number of hydrogen-bond acceptors (Lipinski definition) is 6. The lowest BCUT2D eigenvalue weighted by molar-refractivity contribution is 0.0783. The van der Waals surface area contributed by atoms with E-state index in [1.165, 1.54) is 6.20 Å². The van der Waals surface area contributed by atoms with Crippen molar-refractivity contribution in [2.45, 2.75) is 12.5 Å². The molecule has 1 atom stereocenters. The first-order valence-electron chi connectivity index (χ1n) is 10.5. The van der Waals surface area contributed by atoms with E-state index < -0.39 is 5.91 Å². The zero-order valence-electron chi connectivity index (χ0n) is 18.2. The van der Waals surface area contributed by atoms with E-state index in [0.29, 0.717) is 35.1 Å². The van der Waals surface area contributed by atoms with Gasteiger partial charge >= 0.3 is 0 Å². The second kappa shape index (κ2) is 9.15. The third-order valence-corrected chi connectivity index (χ3v) is 5.63. The molecule has 3 aromatic rings. The third-order valence-electron chi connectivity index (χ3n) is 5.63. The number of likely N-dealkylation sites (tertiary alicyclic amines) is 1. The van der Waals surface area contributed by atoms with Crippen LogP contribution in [0.25, 0.3) is 11.3 Å². The van der Waals surface area contributed by atoms with Gasteiger partial charge in [-0.2, -0.15) is 0 Å². The van der Waals surface area contributed by atoms with Crippen LogP contribution in [0.4, 0.5) is 11.5 Å². The molecule has 4 rings (SSSR count). The number of rotatable bonds is 5. The minimum Gasteiger partial charge on any atom is -0.382 e. The fourth-order valence-electron chi connectivity index (χ4n) is 3.76. The quantitative estimate of drug-likeness (QED) is 0.645. The zero-order valence-corrected chi connectivity index (χ0v) is 18.2. The summed E-state index contributed by atoms with van der Waals surface area (Å²) < 4.78 is 0. The summed E-state index contributed by atoms with van der Waals surface area (Å²) >= 11 is 0. The molecule has 3 N–H and O–H groups in total. The number of nitrogens with one attached hydrogen (secondary N) is 1. The fourth-order valence-corrected chi connectivity index (χ4v) is 3.76. The number of para-hydroxylation sites is 1. The van der Waals surface area contributed by atoms with Crippen molar-refractivity contribution < 1.29 is 9.59 Å². The summed E-state index contributed by atoms with van der Waals surface area (Å²) in [6.07, 6.45) is 2.47. The molecule has 0 aliphatic carbocycles. The monoisotopic (exact) mass is 430 g/mol. The Balaban J connectivity index is 1.56. The van der Waals surface area contributed by atoms with Crippen LogP contribution < -0.4 is 11.1 Å². The molecule has 1 aromatic heterocycles. The van der Waals surface area contributed by atoms with Gasteiger partial charge in [-0.25, -0.2) is 9.97 Å². The van der Waals surface area contributed by atoms with Crippen LogP contribution in [0.1, 0.15) is 27.3 Å². The van der Waals surface area contributed by atoms with Gasteiger partial charge in [0, 0.05) is 35.9 Å². The number of anilines is 2. The first-order valence-corrected chi connectivity index (χ1v) is 10.5. The van der Waals surface area contributed by atoms with Crippen molar-refractivity contribution in [2.75, 3.05) is 38.2 Å². The Hall–Kier alpha value is -3.78. The van der Waals surface area contributed by atoms with Crippen molar-refractivity contribution in [3.8, 4) is 11.3 Å². The number of carbonyl (C=O) groups is 2. The van der Waals surface area contributed by atoms with E-state index in [1.807, 2.05) is 49.3 Å². The summed E-state index contributed by atoms with van der Waals surface area (Å²) in [6, 6.07) is 16.7. The second-order valence-electron chi connectivity index (χ2n) is 8.05. The Kier molecular flexibility index (Phi) is 6.13. The number of carbonyl (C=O) groups excluding carboxylic acids is 2. The Morgan fingerprint density at radius 2 is 1.91 bits per heavy atom. The number of benzene rings is 2. The van der Waals surface area contributed by atoms with Gasteiger partial charge in [-0.05, 0) is 44.8 Å². The summed E-state index contributed by atoms with van der Waals surface area (Å²) in [4.78, 5) is 38.3. The van der Waals surface area contributed by atoms with E-state index in [9.17, 15) is 9.59 Å². The first-order chi connectivity index (χ1) is 15.4. The molecule has 2 amide bonds. The van der Waals surface area contributed by atoms with Crippen molar-refractivity contribution in [1.29, 1.82) is 0 Å². The van der Waals surface area contributed by atoms with Crippen molar-refractivity contribution in [2.24, 2.45) is 0 Å². The predicted molar refractivity (Wildman–Crippen MR) is 124 cm³/mol. The predicted octanol–water partition coefficient (Wildman–Crippen LogP) is 2.75. The van der Waals surface area contributed by atoms with E-state index in [2.05, 4.69) is 20.2 Å². The highest BCUT2D eigenvalue weighted by Gasteiger charge is 2.28. The van der Waals surface area contributed by atoms with E-state index in [0.717, 1.165) is 13.0 Å². The lowest BCUT2D eigenvalue weighted by atomic mass is 10.1. The summed E-state index contributed by atoms with van der Waals surface area (Å²) in [6.45, 7) is 1.44. The molecular formula is C24H26N6O2. The molecule has 1 saturated heterocycles. The summed E-state index contributed by atoms with van der Waals surface area (Å²) in [5.41, 5.74) is 8.34. The van der Waals surface area contributed by atoms with Crippen LogP contribution in [0, 0.1) is 0 Å². The van der Waals surface area contributed by atoms with Gasteiger partial charge in [0.2, 0.25) is 0 Å². The van der Waals surface area contributed by atoms with Gasteiger partial charge in [-0.1, -0.05) is 30.3 Å². The molecule has 0 unspecified atom stereocenters. The largest absolute Gasteiger partial charge is 0.382 e. The van der Waals surface area contributed by atoms with Gasteiger partial charge in [0.25, 0.3) is 11.8 Å². The molecule has 1 aliphatic heterocycles. The number of nitrogen functional groups attached to an aromatic ring is 1. The lowest BCUT2D eigenvalue weighted by Gasteiger charge is -2.20. The van der Waals surface area contributed by atoms with Crippen molar-refractivity contribution in [3.63, 3.8) is 0 Å². The summed E-state index contributed by atoms with van der Waals surface area (Å²) in [5, 5.41) is 2.77. The van der Waals surface area contributed by atoms with E-state index in [-0.39, 0.29) is 17.4 Å². The van der Waals surface area contributed by atoms with Gasteiger partial charge in [-0.15, -0.1) is 0 Å². The fraction of sp³-hybridized carbons (Fsp3) is 0.250. The number of aromatic nitrogens is 2. The normalized spacial score (nSPS) is 15.7. The second-order valence-corrected chi connectivity index (χ2v) is 8.05. The van der Waals surface area contributed by atoms with Crippen molar-refractivity contribution in [1.82, 2.24) is 19.8 Å². The van der Waals surface area contributed by atoms with Gasteiger partial charge in [0.05, 0.1) is 11.9 Å². The SMILES string of the molecule is CN(C)[C@@H]1CCN(C(=O)c2cccc(-c3cnc(N)c(C(=O)Nc4ccccc4)n3)c2)C1. The number of nitrogens with two attached hydrogens (primary N) is 1. The average molecular weight is 431 g/mol. The molecule has 0 radical (unpaired) electrons. The molecule has 0 saturated carbocycles. The Morgan fingerprint density at radius 3 is 2.62 bits per heavy atom. The van der Waals surface area contributed by atoms with Crippen molar-refractivity contribution in [3.05, 3.63) is 72.1 Å². The highest BCUT2D eigenvalue weighted by atomic mass is 16.2. The topological polar surface area (TPSA) is 104 Å². The van der Waals surface area contributed by atoms with Crippen LogP contribution >= 0.6 is 0 Å². The van der Waals surface area contributed by atoms with E-state index >= 15 is 0 Å². The molecule has 32 heavy (non-hydrogen) atoms. The maximum atomic E-state index is 13.0.